The molecule has 5 nitrogen and oxygen atoms in total. The molecule has 0 fully saturated rings. The van der Waals surface area contributed by atoms with E-state index in [4.69, 9.17) is 0 Å². The predicted molar refractivity (Wildman–Crippen MR) is 87.4 cm³/mol. The molecule has 0 saturated heterocycles. The third kappa shape index (κ3) is 2.92. The first-order chi connectivity index (χ1) is 10.5. The number of hydrogen-bond donors (Lipinski definition) is 1. The van der Waals surface area contributed by atoms with Crippen molar-refractivity contribution in [1.82, 2.24) is 9.55 Å². The van der Waals surface area contributed by atoms with Gasteiger partial charge < -0.3 is 5.32 Å². The Bertz CT molecular complexity index is 785. The molecule has 0 saturated carbocycles. The Morgan fingerprint density at radius 3 is 3.05 bits per heavy atom. The third-order valence-electron chi connectivity index (χ3n) is 3.70. The van der Waals surface area contributed by atoms with Crippen molar-refractivity contribution in [2.75, 3.05) is 11.1 Å². The second-order valence-electron chi connectivity index (χ2n) is 5.47. The number of hydrogen-bond acceptors (Lipinski definition) is 4. The van der Waals surface area contributed by atoms with E-state index < -0.39 is 0 Å². The lowest BCUT2D eigenvalue weighted by Gasteiger charge is -2.14. The summed E-state index contributed by atoms with van der Waals surface area (Å²) in [5.41, 5.74) is 2.86. The summed E-state index contributed by atoms with van der Waals surface area (Å²) in [5, 5.41) is 3.64. The highest BCUT2D eigenvalue weighted by Gasteiger charge is 2.26. The highest BCUT2D eigenvalue weighted by molar-refractivity contribution is 7.99. The lowest BCUT2D eigenvalue weighted by molar-refractivity contribution is -0.116. The van der Waals surface area contributed by atoms with Gasteiger partial charge in [0.05, 0.1) is 6.04 Å². The van der Waals surface area contributed by atoms with E-state index in [-0.39, 0.29) is 23.9 Å². The van der Waals surface area contributed by atoms with Gasteiger partial charge in [-0.3, -0.25) is 14.2 Å². The first-order valence-electron chi connectivity index (χ1n) is 7.12. The van der Waals surface area contributed by atoms with Crippen LogP contribution in [-0.4, -0.2) is 21.2 Å². The molecule has 1 aromatic heterocycles. The van der Waals surface area contributed by atoms with Crippen LogP contribution >= 0.6 is 11.8 Å². The topological polar surface area (TPSA) is 64.0 Å². The number of carbonyl (C=O) groups is 1. The van der Waals surface area contributed by atoms with Crippen molar-refractivity contribution in [1.29, 1.82) is 0 Å². The molecule has 6 heteroatoms. The maximum atomic E-state index is 12.3. The summed E-state index contributed by atoms with van der Waals surface area (Å²) >= 11 is 1.52. The molecule has 2 heterocycles. The molecule has 1 aliphatic heterocycles. The molecule has 1 unspecified atom stereocenters. The van der Waals surface area contributed by atoms with Crippen LogP contribution in [0.15, 0.2) is 40.4 Å². The molecule has 1 aliphatic rings. The Labute approximate surface area is 132 Å². The molecule has 2 aromatic rings. The quantitative estimate of drug-likeness (QED) is 0.884. The minimum Gasteiger partial charge on any atom is -0.326 e. The molecular weight excluding hydrogens is 298 g/mol. The lowest BCUT2D eigenvalue weighted by Crippen LogP contribution is -2.27. The number of anilines is 1. The van der Waals surface area contributed by atoms with Crippen LogP contribution in [0, 0.1) is 13.8 Å². The van der Waals surface area contributed by atoms with Crippen LogP contribution in [0.4, 0.5) is 5.69 Å². The van der Waals surface area contributed by atoms with Gasteiger partial charge in [-0.1, -0.05) is 23.9 Å². The van der Waals surface area contributed by atoms with Gasteiger partial charge in [0, 0.05) is 30.1 Å². The lowest BCUT2D eigenvalue weighted by atomic mass is 10.1. The fraction of sp³-hybridized carbons (Fsp3) is 0.312. The highest BCUT2D eigenvalue weighted by atomic mass is 32.2. The van der Waals surface area contributed by atoms with E-state index in [2.05, 4.69) is 10.3 Å². The first kappa shape index (κ1) is 14.8. The van der Waals surface area contributed by atoms with Gasteiger partial charge in [-0.05, 0) is 31.0 Å². The van der Waals surface area contributed by atoms with Crippen molar-refractivity contribution < 1.29 is 4.79 Å². The number of fused-ring (bicyclic) bond motifs is 1. The average Bonchev–Trinajstić information content (AvgIpc) is 2.87. The molecule has 3 rings (SSSR count). The Morgan fingerprint density at radius 2 is 2.23 bits per heavy atom. The van der Waals surface area contributed by atoms with Gasteiger partial charge in [-0.15, -0.1) is 0 Å². The first-order valence-corrected chi connectivity index (χ1v) is 8.10. The van der Waals surface area contributed by atoms with Gasteiger partial charge >= 0.3 is 0 Å². The maximum Gasteiger partial charge on any atom is 0.254 e. The summed E-state index contributed by atoms with van der Waals surface area (Å²) < 4.78 is 1.62. The summed E-state index contributed by atoms with van der Waals surface area (Å²) in [4.78, 5) is 28.4. The number of benzene rings is 1. The third-order valence-corrected chi connectivity index (χ3v) is 4.82. The van der Waals surface area contributed by atoms with E-state index in [9.17, 15) is 9.59 Å². The molecule has 1 amide bonds. The summed E-state index contributed by atoms with van der Waals surface area (Å²) in [6, 6.07) is 7.26. The summed E-state index contributed by atoms with van der Waals surface area (Å²) in [6.45, 7) is 3.95. The Kier molecular flexibility index (Phi) is 4.02. The molecule has 0 bridgehead atoms. The predicted octanol–water partition coefficient (Wildman–Crippen LogP) is 2.54. The fourth-order valence-electron chi connectivity index (χ4n) is 2.53. The standard InChI is InChI=1S/C16H17N3O2S/c1-10-3-4-11(2)13(7-10)18-14(20)8-12-9-22-16-17-6-5-15(21)19(12)16/h3-7,12H,8-9H2,1-2H3,(H,18,20). The average molecular weight is 315 g/mol. The molecular formula is C16H17N3O2S. The number of amides is 1. The fourth-order valence-corrected chi connectivity index (χ4v) is 3.65. The van der Waals surface area contributed by atoms with Crippen LogP contribution in [0.1, 0.15) is 23.6 Å². The molecule has 1 N–H and O–H groups in total. The zero-order chi connectivity index (χ0) is 15.7. The van der Waals surface area contributed by atoms with E-state index >= 15 is 0 Å². The van der Waals surface area contributed by atoms with Crippen molar-refractivity contribution in [2.45, 2.75) is 31.5 Å². The van der Waals surface area contributed by atoms with Gasteiger partial charge in [0.1, 0.15) is 0 Å². The number of thioether (sulfide) groups is 1. The van der Waals surface area contributed by atoms with Gasteiger partial charge in [0.15, 0.2) is 5.16 Å². The van der Waals surface area contributed by atoms with E-state index in [1.165, 1.54) is 24.0 Å². The number of aromatic nitrogens is 2. The molecule has 1 atom stereocenters. The van der Waals surface area contributed by atoms with Gasteiger partial charge in [-0.25, -0.2) is 4.98 Å². The van der Waals surface area contributed by atoms with E-state index in [1.54, 1.807) is 4.57 Å². The van der Waals surface area contributed by atoms with Crippen LogP contribution in [0.2, 0.25) is 0 Å². The van der Waals surface area contributed by atoms with E-state index in [1.807, 2.05) is 32.0 Å². The van der Waals surface area contributed by atoms with E-state index in [0.29, 0.717) is 10.9 Å². The van der Waals surface area contributed by atoms with Gasteiger partial charge in [0.2, 0.25) is 5.91 Å². The van der Waals surface area contributed by atoms with Gasteiger partial charge in [-0.2, -0.15) is 0 Å². The molecule has 22 heavy (non-hydrogen) atoms. The molecule has 0 radical (unpaired) electrons. The Balaban J connectivity index is 1.74. The van der Waals surface area contributed by atoms with Gasteiger partial charge in [0.25, 0.3) is 5.56 Å². The Morgan fingerprint density at radius 1 is 1.41 bits per heavy atom. The SMILES string of the molecule is Cc1ccc(C)c(NC(=O)CC2CSc3nccc(=O)n32)c1. The molecule has 1 aromatic carbocycles. The molecule has 0 spiro atoms. The minimum absolute atomic E-state index is 0.0806. The van der Waals surface area contributed by atoms with Crippen LogP contribution in [-0.2, 0) is 4.79 Å². The van der Waals surface area contributed by atoms with Crippen LogP contribution in [0.25, 0.3) is 0 Å². The number of carbonyl (C=O) groups excluding carboxylic acids is 1. The normalized spacial score (nSPS) is 16.4. The zero-order valence-corrected chi connectivity index (χ0v) is 13.3. The second kappa shape index (κ2) is 5.96. The Hall–Kier alpha value is -2.08. The summed E-state index contributed by atoms with van der Waals surface area (Å²) in [6.07, 6.45) is 1.79. The number of rotatable bonds is 3. The van der Waals surface area contributed by atoms with Crippen molar-refractivity contribution in [2.24, 2.45) is 0 Å². The number of nitrogens with zero attached hydrogens (tertiary/aromatic N) is 2. The van der Waals surface area contributed by atoms with Crippen molar-refractivity contribution in [3.63, 3.8) is 0 Å². The van der Waals surface area contributed by atoms with Crippen molar-refractivity contribution >= 4 is 23.4 Å². The summed E-state index contributed by atoms with van der Waals surface area (Å²) in [5.74, 6) is 0.620. The van der Waals surface area contributed by atoms with Crippen LogP contribution in [0.5, 0.6) is 0 Å². The minimum atomic E-state index is -0.133. The van der Waals surface area contributed by atoms with Crippen molar-refractivity contribution in [3.05, 3.63) is 51.9 Å². The van der Waals surface area contributed by atoms with Crippen LogP contribution in [0.3, 0.4) is 0 Å². The number of nitrogens with one attached hydrogen (secondary N) is 1. The molecule has 0 aliphatic carbocycles. The maximum absolute atomic E-state index is 12.3. The largest absolute Gasteiger partial charge is 0.326 e. The monoisotopic (exact) mass is 315 g/mol. The number of aryl methyl sites for hydroxylation is 2. The van der Waals surface area contributed by atoms with Crippen molar-refractivity contribution in [3.8, 4) is 0 Å². The van der Waals surface area contributed by atoms with Crippen LogP contribution < -0.4 is 10.9 Å². The highest BCUT2D eigenvalue weighted by Crippen LogP contribution is 2.31. The zero-order valence-electron chi connectivity index (χ0n) is 12.5. The van der Waals surface area contributed by atoms with E-state index in [0.717, 1.165) is 16.8 Å². The second-order valence-corrected chi connectivity index (χ2v) is 6.46. The summed E-state index contributed by atoms with van der Waals surface area (Å²) in [7, 11) is 0. The smallest absolute Gasteiger partial charge is 0.254 e. The molecule has 114 valence electrons.